The van der Waals surface area contributed by atoms with E-state index in [1.165, 1.54) is 0 Å². The van der Waals surface area contributed by atoms with Crippen molar-refractivity contribution in [1.29, 1.82) is 0 Å². The average molecular weight is 223 g/mol. The van der Waals surface area contributed by atoms with E-state index < -0.39 is 0 Å². The molecule has 84 valence electrons. The lowest BCUT2D eigenvalue weighted by Gasteiger charge is -2.09. The third-order valence-electron chi connectivity index (χ3n) is 3.01. The lowest BCUT2D eigenvalue weighted by Crippen LogP contribution is -1.95. The van der Waals surface area contributed by atoms with E-state index in [4.69, 9.17) is 9.72 Å². The molecule has 1 aliphatic carbocycles. The summed E-state index contributed by atoms with van der Waals surface area (Å²) in [6, 6.07) is 10.2. The molecule has 0 fully saturated rings. The number of para-hydroxylation sites is 1. The molecule has 0 radical (unpaired) electrons. The second-order valence-corrected chi connectivity index (χ2v) is 4.06. The van der Waals surface area contributed by atoms with E-state index in [1.807, 2.05) is 12.1 Å². The summed E-state index contributed by atoms with van der Waals surface area (Å²) in [6.07, 6.45) is 8.39. The van der Waals surface area contributed by atoms with Gasteiger partial charge in [-0.2, -0.15) is 0 Å². The van der Waals surface area contributed by atoms with E-state index in [1.54, 1.807) is 7.11 Å². The van der Waals surface area contributed by atoms with Gasteiger partial charge in [-0.1, -0.05) is 42.5 Å². The van der Waals surface area contributed by atoms with Crippen molar-refractivity contribution in [2.75, 3.05) is 7.11 Å². The predicted octanol–water partition coefficient (Wildman–Crippen LogP) is 3.45. The monoisotopic (exact) mass is 223 g/mol. The number of allylic oxidation sites excluding steroid dienone is 4. The second-order valence-electron chi connectivity index (χ2n) is 4.06. The Bertz CT molecular complexity index is 601. The number of benzene rings is 1. The summed E-state index contributed by atoms with van der Waals surface area (Å²) < 4.78 is 5.35. The predicted molar refractivity (Wildman–Crippen MR) is 69.3 cm³/mol. The number of pyridine rings is 1. The van der Waals surface area contributed by atoms with Crippen LogP contribution in [0, 0.1) is 0 Å². The smallest absolute Gasteiger partial charge is 0.145 e. The van der Waals surface area contributed by atoms with Crippen LogP contribution in [0.5, 0.6) is 5.75 Å². The van der Waals surface area contributed by atoms with E-state index in [2.05, 4.69) is 42.5 Å². The standard InChI is InChI=1S/C15H13NO/c1-17-14-8-4-7-12-9-10-13(16-15(12)14)11-5-2-3-6-11/h2-11H,1H3. The molecule has 2 aromatic rings. The Hall–Kier alpha value is -2.09. The summed E-state index contributed by atoms with van der Waals surface area (Å²) in [5, 5.41) is 1.11. The van der Waals surface area contributed by atoms with Crippen LogP contribution in [0.3, 0.4) is 0 Å². The first kappa shape index (κ1) is 10.1. The van der Waals surface area contributed by atoms with E-state index in [0.717, 1.165) is 22.3 Å². The molecule has 1 aromatic heterocycles. The van der Waals surface area contributed by atoms with E-state index in [9.17, 15) is 0 Å². The van der Waals surface area contributed by atoms with Crippen molar-refractivity contribution in [3.8, 4) is 5.75 Å². The van der Waals surface area contributed by atoms with Crippen molar-refractivity contribution in [2.45, 2.75) is 5.92 Å². The maximum Gasteiger partial charge on any atom is 0.145 e. The van der Waals surface area contributed by atoms with Gasteiger partial charge in [0.25, 0.3) is 0 Å². The normalized spacial score (nSPS) is 14.6. The summed E-state index contributed by atoms with van der Waals surface area (Å²) in [6.45, 7) is 0. The lowest BCUT2D eigenvalue weighted by molar-refractivity contribution is 0.419. The molecule has 2 heteroatoms. The highest BCUT2D eigenvalue weighted by Crippen LogP contribution is 2.27. The Kier molecular flexibility index (Phi) is 2.41. The third kappa shape index (κ3) is 1.72. The van der Waals surface area contributed by atoms with Crippen LogP contribution in [0.1, 0.15) is 11.6 Å². The molecule has 0 saturated heterocycles. The van der Waals surface area contributed by atoms with Gasteiger partial charge >= 0.3 is 0 Å². The number of hydrogen-bond acceptors (Lipinski definition) is 2. The zero-order valence-electron chi connectivity index (χ0n) is 9.63. The van der Waals surface area contributed by atoms with Crippen LogP contribution in [0.15, 0.2) is 54.6 Å². The van der Waals surface area contributed by atoms with Crippen LogP contribution in [0.25, 0.3) is 10.9 Å². The zero-order valence-corrected chi connectivity index (χ0v) is 9.63. The highest BCUT2D eigenvalue weighted by molar-refractivity contribution is 5.84. The van der Waals surface area contributed by atoms with Crippen LogP contribution in [0.2, 0.25) is 0 Å². The molecule has 0 N–H and O–H groups in total. The minimum absolute atomic E-state index is 0.296. The molecule has 0 bridgehead atoms. The second kappa shape index (κ2) is 4.06. The first-order chi connectivity index (χ1) is 8.38. The Morgan fingerprint density at radius 2 is 1.88 bits per heavy atom. The SMILES string of the molecule is COc1cccc2ccc(C3C=CC=C3)nc12. The molecule has 1 aliphatic rings. The number of fused-ring (bicyclic) bond motifs is 1. The summed E-state index contributed by atoms with van der Waals surface area (Å²) in [5.74, 6) is 1.12. The van der Waals surface area contributed by atoms with Gasteiger partial charge in [0.2, 0.25) is 0 Å². The highest BCUT2D eigenvalue weighted by atomic mass is 16.5. The molecule has 2 nitrogen and oxygen atoms in total. The van der Waals surface area contributed by atoms with Crippen LogP contribution < -0.4 is 4.74 Å². The van der Waals surface area contributed by atoms with Crippen LogP contribution in [0.4, 0.5) is 0 Å². The summed E-state index contributed by atoms with van der Waals surface area (Å²) >= 11 is 0. The summed E-state index contributed by atoms with van der Waals surface area (Å²) in [4.78, 5) is 4.70. The number of nitrogens with zero attached hydrogens (tertiary/aromatic N) is 1. The molecule has 0 atom stereocenters. The summed E-state index contributed by atoms with van der Waals surface area (Å²) in [7, 11) is 1.68. The van der Waals surface area contributed by atoms with E-state index in [-0.39, 0.29) is 0 Å². The van der Waals surface area contributed by atoms with Crippen LogP contribution in [-0.2, 0) is 0 Å². The molecule has 0 spiro atoms. The van der Waals surface area contributed by atoms with Gasteiger partial charge < -0.3 is 4.74 Å². The first-order valence-corrected chi connectivity index (χ1v) is 5.67. The van der Waals surface area contributed by atoms with Gasteiger partial charge in [-0.25, -0.2) is 4.98 Å². The number of hydrogen-bond donors (Lipinski definition) is 0. The largest absolute Gasteiger partial charge is 0.494 e. The number of aromatic nitrogens is 1. The molecule has 17 heavy (non-hydrogen) atoms. The van der Waals surface area contributed by atoms with Gasteiger partial charge in [-0.05, 0) is 12.1 Å². The van der Waals surface area contributed by atoms with Crippen molar-refractivity contribution in [1.82, 2.24) is 4.98 Å². The molecule has 1 heterocycles. The number of rotatable bonds is 2. The van der Waals surface area contributed by atoms with E-state index in [0.29, 0.717) is 5.92 Å². The van der Waals surface area contributed by atoms with Crippen molar-refractivity contribution in [2.24, 2.45) is 0 Å². The van der Waals surface area contributed by atoms with Gasteiger partial charge in [0.15, 0.2) is 0 Å². The van der Waals surface area contributed by atoms with Gasteiger partial charge in [0, 0.05) is 11.3 Å². The first-order valence-electron chi connectivity index (χ1n) is 5.67. The van der Waals surface area contributed by atoms with Crippen molar-refractivity contribution >= 4 is 10.9 Å². The lowest BCUT2D eigenvalue weighted by atomic mass is 10.1. The van der Waals surface area contributed by atoms with E-state index >= 15 is 0 Å². The molecule has 0 unspecified atom stereocenters. The Morgan fingerprint density at radius 1 is 1.06 bits per heavy atom. The topological polar surface area (TPSA) is 22.1 Å². The third-order valence-corrected chi connectivity index (χ3v) is 3.01. The van der Waals surface area contributed by atoms with Gasteiger partial charge in [0.1, 0.15) is 11.3 Å². The quantitative estimate of drug-likeness (QED) is 0.778. The molecule has 0 saturated carbocycles. The van der Waals surface area contributed by atoms with Crippen molar-refractivity contribution in [3.63, 3.8) is 0 Å². The fraction of sp³-hybridized carbons (Fsp3) is 0.133. The van der Waals surface area contributed by atoms with Crippen molar-refractivity contribution in [3.05, 3.63) is 60.3 Å². The molecule has 0 aliphatic heterocycles. The molecular formula is C15H13NO. The maximum absolute atomic E-state index is 5.35. The Morgan fingerprint density at radius 3 is 2.65 bits per heavy atom. The highest BCUT2D eigenvalue weighted by Gasteiger charge is 2.10. The van der Waals surface area contributed by atoms with Crippen LogP contribution >= 0.6 is 0 Å². The van der Waals surface area contributed by atoms with Gasteiger partial charge in [-0.3, -0.25) is 0 Å². The Balaban J connectivity index is 2.17. The molecule has 3 rings (SSSR count). The average Bonchev–Trinajstić information content (AvgIpc) is 2.91. The number of ether oxygens (including phenoxy) is 1. The zero-order chi connectivity index (χ0) is 11.7. The molecular weight excluding hydrogens is 210 g/mol. The van der Waals surface area contributed by atoms with Gasteiger partial charge in [0.05, 0.1) is 12.8 Å². The number of methoxy groups -OCH3 is 1. The maximum atomic E-state index is 5.35. The fourth-order valence-corrected chi connectivity index (χ4v) is 2.11. The van der Waals surface area contributed by atoms with Crippen LogP contribution in [-0.4, -0.2) is 12.1 Å². The fourth-order valence-electron chi connectivity index (χ4n) is 2.11. The Labute approximate surface area is 100 Å². The minimum atomic E-state index is 0.296. The minimum Gasteiger partial charge on any atom is -0.494 e. The van der Waals surface area contributed by atoms with Gasteiger partial charge in [-0.15, -0.1) is 0 Å². The molecule has 1 aromatic carbocycles. The molecule has 0 amide bonds. The van der Waals surface area contributed by atoms with Crippen molar-refractivity contribution < 1.29 is 4.74 Å². The summed E-state index contributed by atoms with van der Waals surface area (Å²) in [5.41, 5.74) is 1.99.